The summed E-state index contributed by atoms with van der Waals surface area (Å²) < 4.78 is 0. The quantitative estimate of drug-likeness (QED) is 0.631. The number of nitrogens with zero attached hydrogens (tertiary/aromatic N) is 2. The van der Waals surface area contributed by atoms with Gasteiger partial charge in [0.25, 0.3) is 0 Å². The number of rotatable bonds is 10. The molecule has 0 aromatic heterocycles. The summed E-state index contributed by atoms with van der Waals surface area (Å²) >= 11 is 0. The van der Waals surface area contributed by atoms with Crippen LogP contribution in [0.5, 0.6) is 0 Å². The van der Waals surface area contributed by atoms with Crippen molar-refractivity contribution in [3.05, 3.63) is 60.2 Å². The Labute approximate surface area is 178 Å². The molecule has 160 valence electrons. The molecular formula is C23H30N4O3. The number of amides is 3. The van der Waals surface area contributed by atoms with Gasteiger partial charge in [-0.05, 0) is 43.3 Å². The van der Waals surface area contributed by atoms with Gasteiger partial charge in [0.15, 0.2) is 0 Å². The van der Waals surface area contributed by atoms with E-state index in [1.807, 2.05) is 44.2 Å². The van der Waals surface area contributed by atoms with E-state index in [9.17, 15) is 14.4 Å². The first-order chi connectivity index (χ1) is 14.4. The molecule has 3 amide bonds. The Bertz CT molecular complexity index is 837. The molecule has 0 aliphatic carbocycles. The summed E-state index contributed by atoms with van der Waals surface area (Å²) in [6.45, 7) is 7.45. The van der Waals surface area contributed by atoms with Crippen LogP contribution in [-0.2, 0) is 20.9 Å². The molecule has 0 spiro atoms. The van der Waals surface area contributed by atoms with Crippen molar-refractivity contribution in [3.63, 3.8) is 0 Å². The highest BCUT2D eigenvalue weighted by Gasteiger charge is 2.18. The van der Waals surface area contributed by atoms with Crippen molar-refractivity contribution in [1.29, 1.82) is 0 Å². The SMILES string of the molecule is CCN(CC(=O)N(CC)CC(=O)Nc1ccc(NC(C)=O)cc1)Cc1ccccc1. The standard InChI is InChI=1S/C23H30N4O3/c1-4-26(15-19-9-7-6-8-10-19)17-23(30)27(5-2)16-22(29)25-21-13-11-20(12-14-21)24-18(3)28/h6-14H,4-5,15-17H2,1-3H3,(H,24,28)(H,25,29). The topological polar surface area (TPSA) is 81.8 Å². The molecule has 0 atom stereocenters. The first-order valence-corrected chi connectivity index (χ1v) is 10.1. The van der Waals surface area contributed by atoms with E-state index in [0.717, 1.165) is 12.1 Å². The summed E-state index contributed by atoms with van der Waals surface area (Å²) in [4.78, 5) is 39.8. The lowest BCUT2D eigenvalue weighted by molar-refractivity contribution is -0.135. The van der Waals surface area contributed by atoms with Crippen LogP contribution < -0.4 is 10.6 Å². The zero-order valence-electron chi connectivity index (χ0n) is 17.9. The second-order valence-electron chi connectivity index (χ2n) is 7.00. The van der Waals surface area contributed by atoms with Crippen LogP contribution in [-0.4, -0.2) is 53.7 Å². The number of carbonyl (C=O) groups is 3. The fraction of sp³-hybridized carbons (Fsp3) is 0.348. The first kappa shape index (κ1) is 23.1. The maximum Gasteiger partial charge on any atom is 0.243 e. The van der Waals surface area contributed by atoms with E-state index in [0.29, 0.717) is 24.5 Å². The number of likely N-dealkylation sites (N-methyl/N-ethyl adjacent to an activating group) is 2. The minimum absolute atomic E-state index is 0.00826. The highest BCUT2D eigenvalue weighted by molar-refractivity contribution is 5.95. The maximum absolute atomic E-state index is 12.7. The largest absolute Gasteiger partial charge is 0.333 e. The van der Waals surface area contributed by atoms with Crippen molar-refractivity contribution < 1.29 is 14.4 Å². The minimum atomic E-state index is -0.261. The summed E-state index contributed by atoms with van der Waals surface area (Å²) in [6, 6.07) is 16.8. The molecule has 2 aromatic rings. The average molecular weight is 411 g/mol. The highest BCUT2D eigenvalue weighted by atomic mass is 16.2. The highest BCUT2D eigenvalue weighted by Crippen LogP contribution is 2.13. The Morgan fingerprint density at radius 2 is 1.40 bits per heavy atom. The van der Waals surface area contributed by atoms with Gasteiger partial charge < -0.3 is 15.5 Å². The fourth-order valence-corrected chi connectivity index (χ4v) is 3.00. The molecule has 0 saturated carbocycles. The van der Waals surface area contributed by atoms with Crippen LogP contribution in [0.3, 0.4) is 0 Å². The normalized spacial score (nSPS) is 10.5. The third-order valence-electron chi connectivity index (χ3n) is 4.61. The molecule has 0 heterocycles. The molecule has 0 bridgehead atoms. The summed E-state index contributed by atoms with van der Waals surface area (Å²) in [5, 5.41) is 5.46. The van der Waals surface area contributed by atoms with Crippen molar-refractivity contribution >= 4 is 29.1 Å². The molecule has 0 radical (unpaired) electrons. The van der Waals surface area contributed by atoms with E-state index in [1.165, 1.54) is 6.92 Å². The van der Waals surface area contributed by atoms with E-state index >= 15 is 0 Å². The van der Waals surface area contributed by atoms with Crippen molar-refractivity contribution in [2.24, 2.45) is 0 Å². The Hall–Kier alpha value is -3.19. The van der Waals surface area contributed by atoms with Gasteiger partial charge in [-0.1, -0.05) is 37.3 Å². The Morgan fingerprint density at radius 3 is 1.93 bits per heavy atom. The number of hydrogen-bond donors (Lipinski definition) is 2. The predicted octanol–water partition coefficient (Wildman–Crippen LogP) is 2.95. The molecule has 0 fully saturated rings. The van der Waals surface area contributed by atoms with Crippen LogP contribution in [0.15, 0.2) is 54.6 Å². The fourth-order valence-electron chi connectivity index (χ4n) is 3.00. The zero-order valence-corrected chi connectivity index (χ0v) is 17.9. The summed E-state index contributed by atoms with van der Waals surface area (Å²) in [6.07, 6.45) is 0. The van der Waals surface area contributed by atoms with Gasteiger partial charge in [-0.2, -0.15) is 0 Å². The van der Waals surface area contributed by atoms with Crippen molar-refractivity contribution in [3.8, 4) is 0 Å². The maximum atomic E-state index is 12.7. The first-order valence-electron chi connectivity index (χ1n) is 10.1. The third kappa shape index (κ3) is 7.67. The summed E-state index contributed by atoms with van der Waals surface area (Å²) in [5.74, 6) is -0.493. The molecule has 7 nitrogen and oxygen atoms in total. The van der Waals surface area contributed by atoms with E-state index in [-0.39, 0.29) is 30.8 Å². The van der Waals surface area contributed by atoms with Crippen LogP contribution in [0, 0.1) is 0 Å². The van der Waals surface area contributed by atoms with Gasteiger partial charge in [-0.15, -0.1) is 0 Å². The molecular weight excluding hydrogens is 380 g/mol. The second kappa shape index (κ2) is 11.7. The second-order valence-corrected chi connectivity index (χ2v) is 7.00. The number of anilines is 2. The van der Waals surface area contributed by atoms with Crippen LogP contribution in [0.4, 0.5) is 11.4 Å². The van der Waals surface area contributed by atoms with Crippen LogP contribution in [0.1, 0.15) is 26.3 Å². The molecule has 7 heteroatoms. The van der Waals surface area contributed by atoms with E-state index in [1.54, 1.807) is 29.2 Å². The summed E-state index contributed by atoms with van der Waals surface area (Å²) in [7, 11) is 0. The van der Waals surface area contributed by atoms with Crippen LogP contribution in [0.2, 0.25) is 0 Å². The van der Waals surface area contributed by atoms with Crippen molar-refractivity contribution in [2.45, 2.75) is 27.3 Å². The molecule has 30 heavy (non-hydrogen) atoms. The molecule has 2 rings (SSSR count). The lowest BCUT2D eigenvalue weighted by atomic mass is 10.2. The number of benzene rings is 2. The van der Waals surface area contributed by atoms with Gasteiger partial charge >= 0.3 is 0 Å². The van der Waals surface area contributed by atoms with Crippen molar-refractivity contribution in [1.82, 2.24) is 9.80 Å². The average Bonchev–Trinajstić information content (AvgIpc) is 2.73. The molecule has 2 aromatic carbocycles. The predicted molar refractivity (Wildman–Crippen MR) is 119 cm³/mol. The number of hydrogen-bond acceptors (Lipinski definition) is 4. The van der Waals surface area contributed by atoms with E-state index < -0.39 is 0 Å². The van der Waals surface area contributed by atoms with E-state index in [4.69, 9.17) is 0 Å². The Morgan fingerprint density at radius 1 is 0.800 bits per heavy atom. The molecule has 0 unspecified atom stereocenters. The number of nitrogens with one attached hydrogen (secondary N) is 2. The zero-order chi connectivity index (χ0) is 21.9. The molecule has 0 aliphatic rings. The monoisotopic (exact) mass is 410 g/mol. The van der Waals surface area contributed by atoms with Gasteiger partial charge in [0.2, 0.25) is 17.7 Å². The number of carbonyl (C=O) groups excluding carboxylic acids is 3. The third-order valence-corrected chi connectivity index (χ3v) is 4.61. The van der Waals surface area contributed by atoms with Crippen molar-refractivity contribution in [2.75, 3.05) is 36.8 Å². The van der Waals surface area contributed by atoms with Gasteiger partial charge in [0.05, 0.1) is 13.1 Å². The summed E-state index contributed by atoms with van der Waals surface area (Å²) in [5.41, 5.74) is 2.41. The molecule has 2 N–H and O–H groups in total. The lowest BCUT2D eigenvalue weighted by Gasteiger charge is -2.25. The smallest absolute Gasteiger partial charge is 0.243 e. The molecule has 0 saturated heterocycles. The Kier molecular flexibility index (Phi) is 9.03. The van der Waals surface area contributed by atoms with Crippen LogP contribution in [0.25, 0.3) is 0 Å². The van der Waals surface area contributed by atoms with Gasteiger partial charge in [0.1, 0.15) is 0 Å². The van der Waals surface area contributed by atoms with Gasteiger partial charge in [0, 0.05) is 31.4 Å². The lowest BCUT2D eigenvalue weighted by Crippen LogP contribution is -2.43. The van der Waals surface area contributed by atoms with Gasteiger partial charge in [-0.3, -0.25) is 19.3 Å². The van der Waals surface area contributed by atoms with E-state index in [2.05, 4.69) is 15.5 Å². The minimum Gasteiger partial charge on any atom is -0.333 e. The van der Waals surface area contributed by atoms with Gasteiger partial charge in [-0.25, -0.2) is 0 Å². The molecule has 0 aliphatic heterocycles. The Balaban J connectivity index is 1.88. The van der Waals surface area contributed by atoms with Crippen LogP contribution >= 0.6 is 0 Å².